The zero-order valence-electron chi connectivity index (χ0n) is 24.8. The van der Waals surface area contributed by atoms with E-state index in [4.69, 9.17) is 36.8 Å². The number of likely N-dealkylation sites (tertiary alicyclic amines) is 1. The van der Waals surface area contributed by atoms with Gasteiger partial charge in [0, 0.05) is 54.4 Å². The number of hydrogen-bond acceptors (Lipinski definition) is 9. The van der Waals surface area contributed by atoms with Crippen LogP contribution in [0.2, 0.25) is 4.34 Å². The summed E-state index contributed by atoms with van der Waals surface area (Å²) in [5, 5.41) is 40.6. The molecule has 3 aliphatic rings. The highest BCUT2D eigenvalue weighted by Crippen LogP contribution is 2.52. The van der Waals surface area contributed by atoms with Gasteiger partial charge >= 0.3 is 11.9 Å². The average Bonchev–Trinajstić information content (AvgIpc) is 3.64. The molecule has 46 heavy (non-hydrogen) atoms. The standard InChI is InChI=1S/C26H28ClF3N4OS.C4H6O6/c1-16-18(14-34(32-16)23-17(3-2-4-21(23)28)12-31-19-5-6-19)13-33-9-7-25(8-10-33)24-20(11-22(27)36-24)26(29,30)15-35-25;5-1(3(7)8)2(6)4(9)10/h2-4,11,14,19,31H,5-10,12-13,15H2,1H3;1-2,5-6H,(H,7,8)(H,9,10)/t;1-,2-/m.1/s1. The summed E-state index contributed by atoms with van der Waals surface area (Å²) in [6, 6.07) is 7.06. The number of alkyl halides is 2. The highest BCUT2D eigenvalue weighted by Gasteiger charge is 2.51. The normalized spacial score (nSPS) is 20.0. The van der Waals surface area contributed by atoms with E-state index in [1.54, 1.807) is 10.7 Å². The van der Waals surface area contributed by atoms with Crippen LogP contribution in [0, 0.1) is 12.7 Å². The summed E-state index contributed by atoms with van der Waals surface area (Å²) in [4.78, 5) is 22.4. The number of aliphatic carboxylic acids is 2. The third-order valence-corrected chi connectivity index (χ3v) is 9.81. The first-order chi connectivity index (χ1) is 21.7. The highest BCUT2D eigenvalue weighted by atomic mass is 35.5. The summed E-state index contributed by atoms with van der Waals surface area (Å²) in [5.41, 5.74) is 2.54. The number of aryl methyl sites for hydroxylation is 1. The Hall–Kier alpha value is -3.05. The third kappa shape index (κ3) is 7.40. The molecule has 4 heterocycles. The van der Waals surface area contributed by atoms with Gasteiger partial charge in [-0.1, -0.05) is 23.7 Å². The molecule has 16 heteroatoms. The molecule has 0 bridgehead atoms. The maximum absolute atomic E-state index is 14.9. The van der Waals surface area contributed by atoms with E-state index in [1.165, 1.54) is 36.3 Å². The number of ether oxygens (including phenoxy) is 1. The van der Waals surface area contributed by atoms with Crippen LogP contribution in [0.1, 0.15) is 52.9 Å². The number of nitrogens with zero attached hydrogens (tertiary/aromatic N) is 3. The Morgan fingerprint density at radius 1 is 1.15 bits per heavy atom. The molecular formula is C30H34ClF3N4O7S. The fraction of sp³-hybridized carbons (Fsp3) is 0.500. The van der Waals surface area contributed by atoms with Crippen molar-refractivity contribution in [2.75, 3.05) is 19.7 Å². The Kier molecular flexibility index (Phi) is 10.1. The highest BCUT2D eigenvalue weighted by molar-refractivity contribution is 7.16. The average molecular weight is 687 g/mol. The summed E-state index contributed by atoms with van der Waals surface area (Å²) in [6.07, 6.45) is 0.944. The van der Waals surface area contributed by atoms with Crippen LogP contribution in [0.5, 0.6) is 0 Å². The van der Waals surface area contributed by atoms with Crippen molar-refractivity contribution in [1.82, 2.24) is 20.0 Å². The zero-order valence-corrected chi connectivity index (χ0v) is 26.3. The van der Waals surface area contributed by atoms with Gasteiger partial charge in [0.05, 0.1) is 10.0 Å². The molecule has 2 atom stereocenters. The number of para-hydroxylation sites is 1. The van der Waals surface area contributed by atoms with Gasteiger partial charge in [-0.2, -0.15) is 13.9 Å². The number of halogens is 4. The number of thiophene rings is 1. The molecule has 2 aromatic heterocycles. The second-order valence-electron chi connectivity index (χ2n) is 11.7. The first-order valence-corrected chi connectivity index (χ1v) is 15.8. The number of aromatic nitrogens is 2. The number of carboxylic acids is 2. The largest absolute Gasteiger partial charge is 0.479 e. The SMILES string of the molecule is Cc1nn(-c2c(F)cccc2CNC2CC2)cc1CN1CCC2(CC1)OCC(F)(F)c1cc(Cl)sc12.O=C(O)[C@H](O)[C@@H](O)C(=O)O. The first kappa shape index (κ1) is 34.3. The van der Waals surface area contributed by atoms with E-state index in [0.717, 1.165) is 16.8 Å². The lowest BCUT2D eigenvalue weighted by Crippen LogP contribution is -2.48. The second-order valence-corrected chi connectivity index (χ2v) is 13.4. The van der Waals surface area contributed by atoms with E-state index in [9.17, 15) is 22.8 Å². The van der Waals surface area contributed by atoms with Gasteiger partial charge in [-0.3, -0.25) is 4.90 Å². The molecule has 0 radical (unpaired) electrons. The molecule has 5 N–H and O–H groups in total. The number of benzene rings is 1. The number of hydrogen-bond donors (Lipinski definition) is 5. The molecule has 1 saturated carbocycles. The molecule has 0 amide bonds. The Bertz CT molecular complexity index is 1570. The Morgan fingerprint density at radius 3 is 2.41 bits per heavy atom. The lowest BCUT2D eigenvalue weighted by molar-refractivity contribution is -0.182. The summed E-state index contributed by atoms with van der Waals surface area (Å²) in [7, 11) is 0. The van der Waals surface area contributed by atoms with Crippen LogP contribution >= 0.6 is 22.9 Å². The number of carboxylic acid groups (broad SMARTS) is 2. The number of nitrogens with one attached hydrogen (secondary N) is 1. The van der Waals surface area contributed by atoms with Gasteiger partial charge < -0.3 is 30.5 Å². The third-order valence-electron chi connectivity index (χ3n) is 8.36. The molecule has 1 aliphatic carbocycles. The molecular weight excluding hydrogens is 653 g/mol. The monoisotopic (exact) mass is 686 g/mol. The maximum Gasteiger partial charge on any atom is 0.335 e. The maximum atomic E-state index is 14.9. The van der Waals surface area contributed by atoms with Crippen molar-refractivity contribution >= 4 is 34.9 Å². The zero-order chi connectivity index (χ0) is 33.4. The van der Waals surface area contributed by atoms with Crippen molar-refractivity contribution in [2.24, 2.45) is 0 Å². The van der Waals surface area contributed by atoms with E-state index in [-0.39, 0.29) is 11.4 Å². The van der Waals surface area contributed by atoms with Crippen molar-refractivity contribution in [2.45, 2.75) is 75.5 Å². The molecule has 0 unspecified atom stereocenters. The van der Waals surface area contributed by atoms with Gasteiger partial charge in [-0.05, 0) is 50.3 Å². The van der Waals surface area contributed by atoms with E-state index in [2.05, 4.69) is 15.3 Å². The molecule has 1 aromatic carbocycles. The molecule has 1 spiro atoms. The van der Waals surface area contributed by atoms with E-state index in [0.29, 0.717) is 60.0 Å². The molecule has 2 aliphatic heterocycles. The van der Waals surface area contributed by atoms with E-state index < -0.39 is 42.3 Å². The molecule has 11 nitrogen and oxygen atoms in total. The number of rotatable bonds is 9. The summed E-state index contributed by atoms with van der Waals surface area (Å²) >= 11 is 7.33. The van der Waals surface area contributed by atoms with Crippen LogP contribution < -0.4 is 5.32 Å². The van der Waals surface area contributed by atoms with Crippen molar-refractivity contribution in [3.63, 3.8) is 0 Å². The van der Waals surface area contributed by atoms with Crippen molar-refractivity contribution in [3.8, 4) is 5.69 Å². The minimum Gasteiger partial charge on any atom is -0.479 e. The summed E-state index contributed by atoms with van der Waals surface area (Å²) in [5.74, 6) is -6.84. The van der Waals surface area contributed by atoms with Crippen LogP contribution in [-0.2, 0) is 38.9 Å². The fourth-order valence-corrected chi connectivity index (χ4v) is 7.04. The number of aliphatic hydroxyl groups excluding tert-OH is 2. The van der Waals surface area contributed by atoms with Gasteiger partial charge in [0.1, 0.15) is 23.7 Å². The van der Waals surface area contributed by atoms with Crippen LogP contribution in [-0.4, -0.2) is 85.0 Å². The van der Waals surface area contributed by atoms with Crippen LogP contribution in [0.3, 0.4) is 0 Å². The number of fused-ring (bicyclic) bond motifs is 2. The van der Waals surface area contributed by atoms with Crippen molar-refractivity contribution in [1.29, 1.82) is 0 Å². The number of piperidine rings is 1. The summed E-state index contributed by atoms with van der Waals surface area (Å²) < 4.78 is 51.6. The Labute approximate surface area is 271 Å². The summed E-state index contributed by atoms with van der Waals surface area (Å²) in [6.45, 7) is 3.98. The minimum atomic E-state index is -3.01. The second kappa shape index (κ2) is 13.6. The molecule has 1 saturated heterocycles. The van der Waals surface area contributed by atoms with Crippen molar-refractivity contribution < 1.29 is 47.9 Å². The minimum absolute atomic E-state index is 0.0196. The lowest BCUT2D eigenvalue weighted by Gasteiger charge is -2.45. The molecule has 2 fully saturated rings. The number of carbonyl (C=O) groups is 2. The Morgan fingerprint density at radius 2 is 1.80 bits per heavy atom. The van der Waals surface area contributed by atoms with Gasteiger partial charge in [0.25, 0.3) is 5.92 Å². The molecule has 3 aromatic rings. The van der Waals surface area contributed by atoms with Crippen molar-refractivity contribution in [3.05, 3.63) is 67.9 Å². The molecule has 6 rings (SSSR count). The van der Waals surface area contributed by atoms with Crippen LogP contribution in [0.25, 0.3) is 5.69 Å². The Balaban J connectivity index is 0.000000362. The van der Waals surface area contributed by atoms with E-state index in [1.807, 2.05) is 19.2 Å². The van der Waals surface area contributed by atoms with Gasteiger partial charge in [0.2, 0.25) is 0 Å². The van der Waals surface area contributed by atoms with Gasteiger partial charge in [0.15, 0.2) is 12.2 Å². The van der Waals surface area contributed by atoms with Gasteiger partial charge in [-0.25, -0.2) is 18.7 Å². The predicted molar refractivity (Wildman–Crippen MR) is 161 cm³/mol. The fourth-order valence-electron chi connectivity index (χ4n) is 5.56. The predicted octanol–water partition coefficient (Wildman–Crippen LogP) is 3.78. The smallest absolute Gasteiger partial charge is 0.335 e. The van der Waals surface area contributed by atoms with Crippen LogP contribution in [0.15, 0.2) is 30.5 Å². The quantitative estimate of drug-likeness (QED) is 0.225. The number of aliphatic hydroxyl groups is 2. The first-order valence-electron chi connectivity index (χ1n) is 14.6. The topological polar surface area (TPSA) is 157 Å². The van der Waals surface area contributed by atoms with Crippen LogP contribution in [0.4, 0.5) is 13.2 Å². The lowest BCUT2D eigenvalue weighted by atomic mass is 9.84. The van der Waals surface area contributed by atoms with E-state index >= 15 is 0 Å². The molecule has 250 valence electrons. The van der Waals surface area contributed by atoms with Gasteiger partial charge in [-0.15, -0.1) is 11.3 Å².